The van der Waals surface area contributed by atoms with E-state index in [-0.39, 0.29) is 0 Å². The van der Waals surface area contributed by atoms with Crippen LogP contribution < -0.4 is 0 Å². The summed E-state index contributed by atoms with van der Waals surface area (Å²) in [6.45, 7) is 2.22. The van der Waals surface area contributed by atoms with Gasteiger partial charge < -0.3 is 5.11 Å². The fourth-order valence-corrected chi connectivity index (χ4v) is 3.53. The van der Waals surface area contributed by atoms with Crippen LogP contribution in [0.2, 0.25) is 0 Å². The molecule has 1 nitrogen and oxygen atoms in total. The largest absolute Gasteiger partial charge is 0.385 e. The maximum absolute atomic E-state index is 10.6. The second-order valence-electron chi connectivity index (χ2n) is 4.94. The van der Waals surface area contributed by atoms with Gasteiger partial charge in [-0.25, -0.2) is 0 Å². The average Bonchev–Trinajstić information content (AvgIpc) is 2.38. The Labute approximate surface area is 109 Å². The van der Waals surface area contributed by atoms with Gasteiger partial charge in [0.1, 0.15) is 0 Å². The van der Waals surface area contributed by atoms with E-state index >= 15 is 0 Å². The molecule has 1 heterocycles. The van der Waals surface area contributed by atoms with E-state index in [1.54, 1.807) is 0 Å². The molecular weight excluding hydrogens is 228 g/mol. The summed E-state index contributed by atoms with van der Waals surface area (Å²) in [6.07, 6.45) is 5.44. The van der Waals surface area contributed by atoms with Crippen molar-refractivity contribution in [2.75, 3.05) is 11.5 Å². The molecule has 1 aromatic rings. The third kappa shape index (κ3) is 3.26. The second kappa shape index (κ2) is 5.92. The van der Waals surface area contributed by atoms with Gasteiger partial charge in [0, 0.05) is 0 Å². The molecule has 0 aliphatic carbocycles. The highest BCUT2D eigenvalue weighted by Gasteiger charge is 2.31. The van der Waals surface area contributed by atoms with Gasteiger partial charge in [-0.05, 0) is 48.3 Å². The Balaban J connectivity index is 2.06. The Kier molecular flexibility index (Phi) is 4.52. The van der Waals surface area contributed by atoms with E-state index in [4.69, 9.17) is 0 Å². The van der Waals surface area contributed by atoms with E-state index in [1.807, 2.05) is 11.8 Å². The molecule has 0 spiro atoms. The average molecular weight is 250 g/mol. The van der Waals surface area contributed by atoms with Crippen molar-refractivity contribution < 1.29 is 5.11 Å². The zero-order valence-electron chi connectivity index (χ0n) is 10.6. The van der Waals surface area contributed by atoms with Crippen molar-refractivity contribution in [1.82, 2.24) is 0 Å². The summed E-state index contributed by atoms with van der Waals surface area (Å²) in [5.74, 6) is 2.15. The molecule has 1 N–H and O–H groups in total. The van der Waals surface area contributed by atoms with Crippen LogP contribution in [-0.4, -0.2) is 16.6 Å². The highest BCUT2D eigenvalue weighted by Crippen LogP contribution is 2.35. The van der Waals surface area contributed by atoms with Crippen LogP contribution in [0.3, 0.4) is 0 Å². The molecule has 2 rings (SSSR count). The first-order chi connectivity index (χ1) is 8.24. The van der Waals surface area contributed by atoms with Gasteiger partial charge in [0.2, 0.25) is 0 Å². The van der Waals surface area contributed by atoms with Crippen molar-refractivity contribution in [2.45, 2.75) is 44.6 Å². The Morgan fingerprint density at radius 3 is 2.41 bits per heavy atom. The fourth-order valence-electron chi connectivity index (χ4n) is 2.36. The van der Waals surface area contributed by atoms with Crippen LogP contribution in [0.15, 0.2) is 24.3 Å². The minimum atomic E-state index is -0.561. The zero-order valence-corrected chi connectivity index (χ0v) is 11.4. The number of hydrogen-bond acceptors (Lipinski definition) is 2. The Morgan fingerprint density at radius 2 is 1.82 bits per heavy atom. The molecule has 0 saturated carbocycles. The molecule has 0 aromatic heterocycles. The molecule has 1 saturated heterocycles. The van der Waals surface area contributed by atoms with Gasteiger partial charge in [0.25, 0.3) is 0 Å². The Bertz CT molecular complexity index is 338. The topological polar surface area (TPSA) is 20.2 Å². The maximum Gasteiger partial charge on any atom is 0.0912 e. The lowest BCUT2D eigenvalue weighted by Crippen LogP contribution is -2.30. The first kappa shape index (κ1) is 13.0. The third-order valence-corrected chi connectivity index (χ3v) is 4.62. The van der Waals surface area contributed by atoms with Crippen molar-refractivity contribution in [3.63, 3.8) is 0 Å². The summed E-state index contributed by atoms with van der Waals surface area (Å²) < 4.78 is 0. The summed E-state index contributed by atoms with van der Waals surface area (Å²) in [5, 5.41) is 10.6. The monoisotopic (exact) mass is 250 g/mol. The van der Waals surface area contributed by atoms with Crippen molar-refractivity contribution in [3.05, 3.63) is 35.4 Å². The smallest absolute Gasteiger partial charge is 0.0912 e. The van der Waals surface area contributed by atoms with Crippen molar-refractivity contribution in [3.8, 4) is 0 Å². The molecule has 17 heavy (non-hydrogen) atoms. The number of aliphatic hydroxyl groups is 1. The minimum absolute atomic E-state index is 0.561. The van der Waals surface area contributed by atoms with Gasteiger partial charge >= 0.3 is 0 Å². The molecule has 0 amide bonds. The second-order valence-corrected chi connectivity index (χ2v) is 6.17. The van der Waals surface area contributed by atoms with Crippen molar-refractivity contribution in [2.24, 2.45) is 0 Å². The molecular formula is C15H22OS. The molecule has 1 aliphatic rings. The van der Waals surface area contributed by atoms with Gasteiger partial charge in [-0.1, -0.05) is 37.6 Å². The molecule has 2 heteroatoms. The van der Waals surface area contributed by atoms with E-state index in [9.17, 15) is 5.11 Å². The molecule has 1 aliphatic heterocycles. The first-order valence-corrected chi connectivity index (χ1v) is 7.79. The lowest BCUT2D eigenvalue weighted by molar-refractivity contribution is 0.0281. The maximum atomic E-state index is 10.6. The molecule has 94 valence electrons. The molecule has 1 aromatic carbocycles. The van der Waals surface area contributed by atoms with E-state index in [0.717, 1.165) is 36.3 Å². The quantitative estimate of drug-likeness (QED) is 0.878. The Hall–Kier alpha value is -0.470. The van der Waals surface area contributed by atoms with Crippen molar-refractivity contribution in [1.29, 1.82) is 0 Å². The van der Waals surface area contributed by atoms with Crippen LogP contribution in [0.5, 0.6) is 0 Å². The van der Waals surface area contributed by atoms with Crippen molar-refractivity contribution >= 4 is 11.8 Å². The molecule has 0 atom stereocenters. The van der Waals surface area contributed by atoms with Gasteiger partial charge in [-0.2, -0.15) is 11.8 Å². The molecule has 0 unspecified atom stereocenters. The lowest BCUT2D eigenvalue weighted by Gasteiger charge is -2.32. The van der Waals surface area contributed by atoms with Crippen LogP contribution in [-0.2, 0) is 12.0 Å². The summed E-state index contributed by atoms with van der Waals surface area (Å²) in [6, 6.07) is 8.62. The van der Waals surface area contributed by atoms with E-state index in [0.29, 0.717) is 0 Å². The molecule has 0 bridgehead atoms. The summed E-state index contributed by atoms with van der Waals surface area (Å²) in [5.41, 5.74) is 1.94. The summed E-state index contributed by atoms with van der Waals surface area (Å²) >= 11 is 1.95. The number of thioether (sulfide) groups is 1. The number of unbranched alkanes of at least 4 members (excludes halogenated alkanes) is 1. The number of rotatable bonds is 4. The number of hydrogen-bond donors (Lipinski definition) is 1. The lowest BCUT2D eigenvalue weighted by atomic mass is 9.87. The van der Waals surface area contributed by atoms with Gasteiger partial charge in [0.05, 0.1) is 5.60 Å². The van der Waals surface area contributed by atoms with E-state index in [2.05, 4.69) is 31.2 Å². The van der Waals surface area contributed by atoms with E-state index < -0.39 is 5.60 Å². The predicted octanol–water partition coefficient (Wildman–Crippen LogP) is 3.74. The predicted molar refractivity (Wildman–Crippen MR) is 75.5 cm³/mol. The van der Waals surface area contributed by atoms with Crippen LogP contribution in [0, 0.1) is 0 Å². The van der Waals surface area contributed by atoms with Crippen LogP contribution in [0.25, 0.3) is 0 Å². The third-order valence-electron chi connectivity index (χ3n) is 3.63. The fraction of sp³-hybridized carbons (Fsp3) is 0.600. The Morgan fingerprint density at radius 1 is 1.18 bits per heavy atom. The molecule has 0 radical (unpaired) electrons. The van der Waals surface area contributed by atoms with Gasteiger partial charge in [-0.3, -0.25) is 0 Å². The zero-order chi connectivity index (χ0) is 12.1. The SMILES string of the molecule is CCCCc1ccc(C2(O)CCSCC2)cc1. The number of benzene rings is 1. The van der Waals surface area contributed by atoms with Gasteiger partial charge in [-0.15, -0.1) is 0 Å². The van der Waals surface area contributed by atoms with E-state index in [1.165, 1.54) is 18.4 Å². The van der Waals surface area contributed by atoms with Crippen LogP contribution in [0.4, 0.5) is 0 Å². The minimum Gasteiger partial charge on any atom is -0.385 e. The molecule has 1 fully saturated rings. The highest BCUT2D eigenvalue weighted by molar-refractivity contribution is 7.99. The van der Waals surface area contributed by atoms with Crippen LogP contribution in [0.1, 0.15) is 43.7 Å². The first-order valence-electron chi connectivity index (χ1n) is 6.64. The summed E-state index contributed by atoms with van der Waals surface area (Å²) in [7, 11) is 0. The van der Waals surface area contributed by atoms with Crippen LogP contribution >= 0.6 is 11.8 Å². The van der Waals surface area contributed by atoms with Gasteiger partial charge in [0.15, 0.2) is 0 Å². The summed E-state index contributed by atoms with van der Waals surface area (Å²) in [4.78, 5) is 0. The normalized spacial score (nSPS) is 19.2. The number of aryl methyl sites for hydroxylation is 1. The standard InChI is InChI=1S/C15H22OS/c1-2-3-4-13-5-7-14(8-6-13)15(16)9-11-17-12-10-15/h5-8,16H,2-4,9-12H2,1H3. The highest BCUT2D eigenvalue weighted by atomic mass is 32.2.